The molecule has 0 atom stereocenters. The zero-order valence-corrected chi connectivity index (χ0v) is 7.95. The molecule has 3 rings (SSSR count). The second-order valence-corrected chi connectivity index (χ2v) is 2.79. The lowest BCUT2D eigenvalue weighted by molar-refractivity contribution is 0.307. The van der Waals surface area contributed by atoms with Gasteiger partial charge in [-0.05, 0) is 12.1 Å². The lowest BCUT2D eigenvalue weighted by Gasteiger charge is -1.91. The molecule has 2 heterocycles. The van der Waals surface area contributed by atoms with E-state index in [1.807, 2.05) is 30.5 Å². The van der Waals surface area contributed by atoms with Crippen LogP contribution in [0.2, 0.25) is 0 Å². The monoisotopic (exact) mass is 199 g/mol. The number of hydrogen-bond donors (Lipinski definition) is 0. The Balaban J connectivity index is 0.000000144. The van der Waals surface area contributed by atoms with Crippen molar-refractivity contribution in [1.82, 2.24) is 15.3 Å². The van der Waals surface area contributed by atoms with Gasteiger partial charge in [0.15, 0.2) is 0 Å². The molecular weight excluding hydrogens is 190 g/mol. The molecule has 0 amide bonds. The number of hydrogen-bond acceptors (Lipinski definition) is 4. The normalized spacial score (nSPS) is 9.33. The maximum absolute atomic E-state index is 4.18. The molecular formula is C11H9N3O. The maximum Gasteiger partial charge on any atom is 0.0913 e. The van der Waals surface area contributed by atoms with E-state index < -0.39 is 0 Å². The number of para-hydroxylation sites is 1. The molecule has 0 radical (unpaired) electrons. The molecule has 15 heavy (non-hydrogen) atoms. The van der Waals surface area contributed by atoms with Crippen molar-refractivity contribution < 1.29 is 4.63 Å². The molecule has 0 aliphatic rings. The van der Waals surface area contributed by atoms with Crippen LogP contribution in [0.4, 0.5) is 0 Å². The summed E-state index contributed by atoms with van der Waals surface area (Å²) >= 11 is 0. The zero-order chi connectivity index (χ0) is 10.3. The highest BCUT2D eigenvalue weighted by Gasteiger charge is 1.86. The van der Waals surface area contributed by atoms with E-state index in [1.54, 1.807) is 0 Å². The number of rotatable bonds is 0. The summed E-state index contributed by atoms with van der Waals surface area (Å²) in [5, 5.41) is 7.67. The highest BCUT2D eigenvalue weighted by molar-refractivity contribution is 5.77. The Kier molecular flexibility index (Phi) is 3.02. The van der Waals surface area contributed by atoms with Gasteiger partial charge in [0.2, 0.25) is 0 Å². The zero-order valence-electron chi connectivity index (χ0n) is 7.95. The predicted octanol–water partition coefficient (Wildman–Crippen LogP) is 2.30. The van der Waals surface area contributed by atoms with Crippen LogP contribution < -0.4 is 0 Å². The van der Waals surface area contributed by atoms with E-state index in [0.29, 0.717) is 0 Å². The minimum absolute atomic E-state index is 1.06. The van der Waals surface area contributed by atoms with Gasteiger partial charge < -0.3 is 0 Å². The summed E-state index contributed by atoms with van der Waals surface area (Å²) < 4.78 is 4.08. The molecule has 4 heteroatoms. The molecule has 0 saturated carbocycles. The van der Waals surface area contributed by atoms with Crippen LogP contribution in [-0.2, 0) is 0 Å². The fourth-order valence-corrected chi connectivity index (χ4v) is 1.15. The third kappa shape index (κ3) is 2.60. The van der Waals surface area contributed by atoms with E-state index in [9.17, 15) is 0 Å². The Morgan fingerprint density at radius 1 is 0.800 bits per heavy atom. The van der Waals surface area contributed by atoms with Gasteiger partial charge in [-0.3, -0.25) is 4.98 Å². The van der Waals surface area contributed by atoms with Crippen LogP contribution >= 0.6 is 0 Å². The minimum Gasteiger partial charge on any atom is -0.256 e. The van der Waals surface area contributed by atoms with E-state index in [4.69, 9.17) is 0 Å². The van der Waals surface area contributed by atoms with Crippen LogP contribution in [0.25, 0.3) is 10.9 Å². The van der Waals surface area contributed by atoms with Crippen molar-refractivity contribution in [2.75, 3.05) is 0 Å². The van der Waals surface area contributed by atoms with Crippen molar-refractivity contribution >= 4 is 10.9 Å². The first-order valence-electron chi connectivity index (χ1n) is 4.48. The van der Waals surface area contributed by atoms with Crippen LogP contribution in [0.3, 0.4) is 0 Å². The molecule has 0 bridgehead atoms. The summed E-state index contributed by atoms with van der Waals surface area (Å²) in [5.74, 6) is 0. The van der Waals surface area contributed by atoms with Gasteiger partial charge in [-0.2, -0.15) is 0 Å². The summed E-state index contributed by atoms with van der Waals surface area (Å²) in [6, 6.07) is 12.1. The lowest BCUT2D eigenvalue weighted by atomic mass is 10.2. The van der Waals surface area contributed by atoms with E-state index in [2.05, 4.69) is 32.1 Å². The number of nitrogens with zero attached hydrogens (tertiary/aromatic N) is 3. The first-order chi connectivity index (χ1) is 7.47. The molecule has 3 aromatic rings. The van der Waals surface area contributed by atoms with Gasteiger partial charge in [0.1, 0.15) is 0 Å². The molecule has 0 aliphatic heterocycles. The van der Waals surface area contributed by atoms with E-state index in [1.165, 1.54) is 17.8 Å². The average molecular weight is 199 g/mol. The number of fused-ring (bicyclic) bond motifs is 1. The standard InChI is InChI=1S/C9H7N.C2H2N2O/c1-2-6-9-8(4-1)5-3-7-10-9;1-2-4-5-3-1/h1-7H;1-2H. The Morgan fingerprint density at radius 3 is 2.20 bits per heavy atom. The number of aromatic nitrogens is 3. The van der Waals surface area contributed by atoms with Gasteiger partial charge in [0.25, 0.3) is 0 Å². The van der Waals surface area contributed by atoms with Crippen LogP contribution in [0.15, 0.2) is 59.6 Å². The Bertz CT molecular complexity index is 425. The maximum atomic E-state index is 4.18. The topological polar surface area (TPSA) is 51.8 Å². The third-order valence-corrected chi connectivity index (χ3v) is 1.79. The van der Waals surface area contributed by atoms with Crippen LogP contribution in [0.1, 0.15) is 0 Å². The molecule has 0 spiro atoms. The van der Waals surface area contributed by atoms with Crippen molar-refractivity contribution in [3.8, 4) is 0 Å². The molecule has 1 aromatic carbocycles. The lowest BCUT2D eigenvalue weighted by Crippen LogP contribution is -1.73. The fourth-order valence-electron chi connectivity index (χ4n) is 1.15. The van der Waals surface area contributed by atoms with E-state index in [-0.39, 0.29) is 0 Å². The molecule has 0 N–H and O–H groups in total. The van der Waals surface area contributed by atoms with Crippen molar-refractivity contribution in [3.05, 3.63) is 55.0 Å². The summed E-state index contributed by atoms with van der Waals surface area (Å²) in [4.78, 5) is 4.18. The average Bonchev–Trinajstić information content (AvgIpc) is 2.88. The van der Waals surface area contributed by atoms with Gasteiger partial charge in [-0.25, -0.2) is 4.63 Å². The Morgan fingerprint density at radius 2 is 1.53 bits per heavy atom. The van der Waals surface area contributed by atoms with Crippen molar-refractivity contribution in [3.63, 3.8) is 0 Å². The largest absolute Gasteiger partial charge is 0.256 e. The van der Waals surface area contributed by atoms with Crippen molar-refractivity contribution in [2.24, 2.45) is 0 Å². The molecule has 2 aromatic heterocycles. The van der Waals surface area contributed by atoms with Crippen molar-refractivity contribution in [2.45, 2.75) is 0 Å². The summed E-state index contributed by atoms with van der Waals surface area (Å²) in [6.07, 6.45) is 4.75. The molecule has 74 valence electrons. The molecule has 0 fully saturated rings. The minimum atomic E-state index is 1.06. The van der Waals surface area contributed by atoms with Gasteiger partial charge in [0, 0.05) is 11.6 Å². The number of pyridine rings is 1. The summed E-state index contributed by atoms with van der Waals surface area (Å²) in [6.45, 7) is 0. The highest BCUT2D eigenvalue weighted by Crippen LogP contribution is 2.07. The molecule has 0 unspecified atom stereocenters. The first kappa shape index (κ1) is 9.33. The number of benzene rings is 1. The molecule has 0 aliphatic carbocycles. The first-order valence-corrected chi connectivity index (χ1v) is 4.48. The summed E-state index contributed by atoms with van der Waals surface area (Å²) in [5.41, 5.74) is 1.06. The van der Waals surface area contributed by atoms with Crippen LogP contribution in [0, 0.1) is 0 Å². The Labute approximate surface area is 86.5 Å². The van der Waals surface area contributed by atoms with Crippen molar-refractivity contribution in [1.29, 1.82) is 0 Å². The highest BCUT2D eigenvalue weighted by atomic mass is 16.6. The molecule has 0 saturated heterocycles. The van der Waals surface area contributed by atoms with Crippen LogP contribution in [0.5, 0.6) is 0 Å². The summed E-state index contributed by atoms with van der Waals surface area (Å²) in [7, 11) is 0. The SMILES string of the molecule is c1ccc2ncccc2c1.c1cnon1. The van der Waals surface area contributed by atoms with E-state index >= 15 is 0 Å². The fraction of sp³-hybridized carbons (Fsp3) is 0. The Hall–Kier alpha value is -2.23. The van der Waals surface area contributed by atoms with Crippen LogP contribution in [-0.4, -0.2) is 15.3 Å². The van der Waals surface area contributed by atoms with Gasteiger partial charge >= 0.3 is 0 Å². The van der Waals surface area contributed by atoms with E-state index in [0.717, 1.165) is 5.52 Å². The second kappa shape index (κ2) is 4.85. The smallest absolute Gasteiger partial charge is 0.0913 e. The van der Waals surface area contributed by atoms with Gasteiger partial charge in [-0.15, -0.1) is 0 Å². The predicted molar refractivity (Wildman–Crippen MR) is 56.0 cm³/mol. The third-order valence-electron chi connectivity index (χ3n) is 1.79. The second-order valence-electron chi connectivity index (χ2n) is 2.79. The van der Waals surface area contributed by atoms with Gasteiger partial charge in [-0.1, -0.05) is 34.6 Å². The van der Waals surface area contributed by atoms with Gasteiger partial charge in [0.05, 0.1) is 17.9 Å². The quantitative estimate of drug-likeness (QED) is 0.557. The molecule has 4 nitrogen and oxygen atoms in total.